The number of carbonyl (C=O) groups excluding carboxylic acids is 1. The highest BCUT2D eigenvalue weighted by Crippen LogP contribution is 2.24. The Bertz CT molecular complexity index is 783. The number of carbonyl (C=O) groups is 1. The second-order valence-electron chi connectivity index (χ2n) is 6.51. The minimum absolute atomic E-state index is 0.321. The molecule has 2 aromatic rings. The van der Waals surface area contributed by atoms with Crippen molar-refractivity contribution in [1.29, 1.82) is 0 Å². The third-order valence-corrected chi connectivity index (χ3v) is 3.89. The minimum atomic E-state index is -0.454. The van der Waals surface area contributed by atoms with Gasteiger partial charge < -0.3 is 19.5 Å². The third kappa shape index (κ3) is 6.06. The number of rotatable bonds is 9. The Hall–Kier alpha value is -2.95. The summed E-state index contributed by atoms with van der Waals surface area (Å²) in [6.07, 6.45) is 1.39. The van der Waals surface area contributed by atoms with E-state index < -0.39 is 5.97 Å². The summed E-state index contributed by atoms with van der Waals surface area (Å²) in [5.41, 5.74) is 2.96. The molecule has 144 valence electrons. The lowest BCUT2D eigenvalue weighted by Gasteiger charge is -2.14. The molecule has 0 spiro atoms. The molecule has 0 aliphatic heterocycles. The third-order valence-electron chi connectivity index (χ3n) is 3.89. The summed E-state index contributed by atoms with van der Waals surface area (Å²) < 4.78 is 15.9. The second kappa shape index (κ2) is 10.3. The number of methoxy groups -OCH3 is 2. The molecule has 0 radical (unpaired) electrons. The lowest BCUT2D eigenvalue weighted by molar-refractivity contribution is -0.133. The fraction of sp³-hybridized carbons (Fsp3) is 0.318. The summed E-state index contributed by atoms with van der Waals surface area (Å²) in [4.78, 5) is 12.1. The van der Waals surface area contributed by atoms with E-state index in [9.17, 15) is 4.79 Å². The van der Waals surface area contributed by atoms with Gasteiger partial charge in [-0.1, -0.05) is 44.2 Å². The molecule has 0 atom stereocenters. The molecule has 0 aromatic heterocycles. The van der Waals surface area contributed by atoms with Gasteiger partial charge in [0.15, 0.2) is 0 Å². The van der Waals surface area contributed by atoms with Gasteiger partial charge in [0.05, 0.1) is 20.5 Å². The van der Waals surface area contributed by atoms with Crippen molar-refractivity contribution in [2.24, 2.45) is 5.92 Å². The van der Waals surface area contributed by atoms with Gasteiger partial charge in [0, 0.05) is 18.3 Å². The van der Waals surface area contributed by atoms with E-state index in [0.29, 0.717) is 18.1 Å². The Morgan fingerprint density at radius 3 is 2.59 bits per heavy atom. The molecule has 0 saturated carbocycles. The van der Waals surface area contributed by atoms with Crippen LogP contribution < -0.4 is 10.1 Å². The first kappa shape index (κ1) is 20.4. The van der Waals surface area contributed by atoms with E-state index in [-0.39, 0.29) is 0 Å². The van der Waals surface area contributed by atoms with E-state index in [4.69, 9.17) is 14.2 Å². The van der Waals surface area contributed by atoms with Crippen LogP contribution in [0, 0.1) is 5.92 Å². The molecule has 0 saturated heterocycles. The molecule has 0 aliphatic rings. The molecule has 0 unspecified atom stereocenters. The average molecular weight is 369 g/mol. The van der Waals surface area contributed by atoms with Gasteiger partial charge in [0.25, 0.3) is 0 Å². The summed E-state index contributed by atoms with van der Waals surface area (Å²) in [5.74, 6) is 0.865. The van der Waals surface area contributed by atoms with Crippen LogP contribution in [0.4, 0.5) is 5.69 Å². The van der Waals surface area contributed by atoms with Crippen LogP contribution in [0.1, 0.15) is 25.0 Å². The van der Waals surface area contributed by atoms with Crippen LogP contribution in [0.15, 0.2) is 54.8 Å². The number of esters is 1. The SMILES string of the molecule is COC=C(C(=O)OC)c1ccccc1COc1cccc(NCC(C)C)c1. The molecule has 2 aromatic carbocycles. The van der Waals surface area contributed by atoms with Crippen molar-refractivity contribution >= 4 is 17.2 Å². The summed E-state index contributed by atoms with van der Waals surface area (Å²) in [7, 11) is 2.85. The van der Waals surface area contributed by atoms with Gasteiger partial charge >= 0.3 is 5.97 Å². The molecule has 0 fully saturated rings. The molecule has 0 bridgehead atoms. The van der Waals surface area contributed by atoms with E-state index >= 15 is 0 Å². The molecule has 1 N–H and O–H groups in total. The Balaban J connectivity index is 2.16. The lowest BCUT2D eigenvalue weighted by atomic mass is 10.0. The Morgan fingerprint density at radius 2 is 1.89 bits per heavy atom. The largest absolute Gasteiger partial charge is 0.503 e. The van der Waals surface area contributed by atoms with Crippen LogP contribution in [-0.4, -0.2) is 26.7 Å². The van der Waals surface area contributed by atoms with Gasteiger partial charge in [-0.2, -0.15) is 0 Å². The normalized spacial score (nSPS) is 11.2. The maximum Gasteiger partial charge on any atom is 0.341 e. The smallest absolute Gasteiger partial charge is 0.341 e. The standard InChI is InChI=1S/C22H27NO4/c1-16(2)13-23-18-9-7-10-19(12-18)27-14-17-8-5-6-11-20(17)21(15-25-3)22(24)26-4/h5-12,15-16,23H,13-14H2,1-4H3. The first-order chi connectivity index (χ1) is 13.0. The number of anilines is 1. The van der Waals surface area contributed by atoms with Crippen molar-refractivity contribution < 1.29 is 19.0 Å². The van der Waals surface area contributed by atoms with E-state index in [0.717, 1.165) is 29.1 Å². The molecule has 0 amide bonds. The molecule has 0 aliphatic carbocycles. The van der Waals surface area contributed by atoms with E-state index in [1.165, 1.54) is 20.5 Å². The first-order valence-corrected chi connectivity index (χ1v) is 8.91. The topological polar surface area (TPSA) is 56.8 Å². The second-order valence-corrected chi connectivity index (χ2v) is 6.51. The monoisotopic (exact) mass is 369 g/mol. The highest BCUT2D eigenvalue weighted by Gasteiger charge is 2.16. The van der Waals surface area contributed by atoms with Gasteiger partial charge in [-0.15, -0.1) is 0 Å². The fourth-order valence-electron chi connectivity index (χ4n) is 2.54. The van der Waals surface area contributed by atoms with E-state index in [1.807, 2.05) is 48.5 Å². The maximum absolute atomic E-state index is 12.1. The first-order valence-electron chi connectivity index (χ1n) is 8.91. The van der Waals surface area contributed by atoms with Crippen LogP contribution in [0.25, 0.3) is 5.57 Å². The highest BCUT2D eigenvalue weighted by atomic mass is 16.5. The van der Waals surface area contributed by atoms with Gasteiger partial charge in [0.1, 0.15) is 17.9 Å². The summed E-state index contributed by atoms with van der Waals surface area (Å²) in [5, 5.41) is 3.38. The molecule has 2 rings (SSSR count). The number of nitrogens with one attached hydrogen (secondary N) is 1. The van der Waals surface area contributed by atoms with Crippen molar-refractivity contribution in [3.63, 3.8) is 0 Å². The average Bonchev–Trinajstić information content (AvgIpc) is 2.69. The number of hydrogen-bond acceptors (Lipinski definition) is 5. The van der Waals surface area contributed by atoms with Crippen molar-refractivity contribution in [2.75, 3.05) is 26.1 Å². The van der Waals surface area contributed by atoms with Crippen molar-refractivity contribution in [2.45, 2.75) is 20.5 Å². The maximum atomic E-state index is 12.1. The lowest BCUT2D eigenvalue weighted by Crippen LogP contribution is -2.09. The zero-order chi connectivity index (χ0) is 19.6. The van der Waals surface area contributed by atoms with E-state index in [1.54, 1.807) is 0 Å². The number of ether oxygens (including phenoxy) is 3. The summed E-state index contributed by atoms with van der Waals surface area (Å²) >= 11 is 0. The molecule has 5 nitrogen and oxygen atoms in total. The fourth-order valence-corrected chi connectivity index (χ4v) is 2.54. The van der Waals surface area contributed by atoms with Crippen LogP contribution in [-0.2, 0) is 20.9 Å². The molecule has 27 heavy (non-hydrogen) atoms. The van der Waals surface area contributed by atoms with Crippen molar-refractivity contribution in [1.82, 2.24) is 0 Å². The van der Waals surface area contributed by atoms with Crippen LogP contribution in [0.5, 0.6) is 5.75 Å². The Morgan fingerprint density at radius 1 is 1.11 bits per heavy atom. The summed E-state index contributed by atoms with van der Waals surface area (Å²) in [6.45, 7) is 5.55. The quantitative estimate of drug-likeness (QED) is 0.401. The summed E-state index contributed by atoms with van der Waals surface area (Å²) in [6, 6.07) is 15.4. The molecular formula is C22H27NO4. The Kier molecular flexibility index (Phi) is 7.74. The number of benzene rings is 2. The molecule has 5 heteroatoms. The van der Waals surface area contributed by atoms with Crippen LogP contribution in [0.2, 0.25) is 0 Å². The van der Waals surface area contributed by atoms with Gasteiger partial charge in [-0.05, 0) is 29.2 Å². The zero-order valence-corrected chi connectivity index (χ0v) is 16.3. The van der Waals surface area contributed by atoms with Gasteiger partial charge in [0.2, 0.25) is 0 Å². The number of hydrogen-bond donors (Lipinski definition) is 1. The Labute approximate surface area is 161 Å². The predicted octanol–water partition coefficient (Wildman–Crippen LogP) is 4.49. The highest BCUT2D eigenvalue weighted by molar-refractivity contribution is 6.16. The van der Waals surface area contributed by atoms with Crippen molar-refractivity contribution in [3.8, 4) is 5.75 Å². The van der Waals surface area contributed by atoms with Gasteiger partial charge in [-0.3, -0.25) is 0 Å². The van der Waals surface area contributed by atoms with Crippen LogP contribution >= 0.6 is 0 Å². The zero-order valence-electron chi connectivity index (χ0n) is 16.3. The van der Waals surface area contributed by atoms with Crippen LogP contribution in [0.3, 0.4) is 0 Å². The molecule has 0 heterocycles. The molecular weight excluding hydrogens is 342 g/mol. The van der Waals surface area contributed by atoms with Crippen molar-refractivity contribution in [3.05, 3.63) is 65.9 Å². The van der Waals surface area contributed by atoms with Gasteiger partial charge in [-0.25, -0.2) is 4.79 Å². The minimum Gasteiger partial charge on any atom is -0.503 e. The predicted molar refractivity (Wildman–Crippen MR) is 108 cm³/mol. The van der Waals surface area contributed by atoms with E-state index in [2.05, 4.69) is 19.2 Å².